The second kappa shape index (κ2) is 8.63. The maximum absolute atomic E-state index is 12.4. The number of anilines is 1. The van der Waals surface area contributed by atoms with Gasteiger partial charge in [0.2, 0.25) is 5.91 Å². The number of nitrogens with zero attached hydrogens (tertiary/aromatic N) is 5. The van der Waals surface area contributed by atoms with Crippen molar-refractivity contribution in [1.82, 2.24) is 35.1 Å². The van der Waals surface area contributed by atoms with Crippen LogP contribution in [0.3, 0.4) is 0 Å². The zero-order valence-corrected chi connectivity index (χ0v) is 19.8. The van der Waals surface area contributed by atoms with Crippen molar-refractivity contribution in [1.29, 1.82) is 0 Å². The average molecular weight is 487 g/mol. The van der Waals surface area contributed by atoms with Gasteiger partial charge in [-0.25, -0.2) is 4.98 Å². The molecule has 9 nitrogen and oxygen atoms in total. The first-order valence-corrected chi connectivity index (χ1v) is 12.2. The fraction of sp³-hybridized carbons (Fsp3) is 0.143. The van der Waals surface area contributed by atoms with Gasteiger partial charge in [0.05, 0.1) is 40.3 Å². The van der Waals surface area contributed by atoms with E-state index < -0.39 is 0 Å². The number of carbonyl (C=O) groups is 1. The zero-order valence-electron chi connectivity index (χ0n) is 19.8. The summed E-state index contributed by atoms with van der Waals surface area (Å²) in [5.41, 5.74) is 7.59. The molecule has 5 aromatic heterocycles. The molecule has 9 heteroatoms. The Morgan fingerprint density at radius 1 is 0.946 bits per heavy atom. The van der Waals surface area contributed by atoms with Gasteiger partial charge < -0.3 is 10.3 Å². The van der Waals surface area contributed by atoms with E-state index in [0.29, 0.717) is 17.2 Å². The van der Waals surface area contributed by atoms with Crippen molar-refractivity contribution in [2.24, 2.45) is 5.92 Å². The zero-order chi connectivity index (χ0) is 24.8. The van der Waals surface area contributed by atoms with Crippen LogP contribution in [0.1, 0.15) is 19.3 Å². The van der Waals surface area contributed by atoms with Crippen LogP contribution in [0.2, 0.25) is 0 Å². The fourth-order valence-corrected chi connectivity index (χ4v) is 4.73. The van der Waals surface area contributed by atoms with E-state index in [4.69, 9.17) is 4.98 Å². The van der Waals surface area contributed by atoms with Gasteiger partial charge in [0, 0.05) is 41.0 Å². The van der Waals surface area contributed by atoms with Crippen molar-refractivity contribution in [2.75, 3.05) is 5.32 Å². The molecule has 180 valence electrons. The molecule has 0 saturated heterocycles. The molecule has 7 rings (SSSR count). The second-order valence-corrected chi connectivity index (χ2v) is 9.29. The molecule has 1 amide bonds. The quantitative estimate of drug-likeness (QED) is 0.301. The van der Waals surface area contributed by atoms with Crippen LogP contribution in [-0.2, 0) is 4.79 Å². The molecular weight excluding hydrogens is 464 g/mol. The molecule has 6 aromatic rings. The highest BCUT2D eigenvalue weighted by atomic mass is 16.1. The van der Waals surface area contributed by atoms with E-state index in [-0.39, 0.29) is 11.8 Å². The van der Waals surface area contributed by atoms with Gasteiger partial charge >= 0.3 is 0 Å². The molecule has 0 radical (unpaired) electrons. The van der Waals surface area contributed by atoms with Gasteiger partial charge in [0.25, 0.3) is 0 Å². The van der Waals surface area contributed by atoms with E-state index >= 15 is 0 Å². The summed E-state index contributed by atoms with van der Waals surface area (Å²) < 4.78 is 0. The lowest BCUT2D eigenvalue weighted by molar-refractivity contribution is -0.122. The lowest BCUT2D eigenvalue weighted by Crippen LogP contribution is -2.28. The number of hydrogen-bond acceptors (Lipinski definition) is 6. The highest BCUT2D eigenvalue weighted by Crippen LogP contribution is 2.33. The third kappa shape index (κ3) is 3.81. The number of imidazole rings is 1. The second-order valence-electron chi connectivity index (χ2n) is 9.29. The highest BCUT2D eigenvalue weighted by molar-refractivity contribution is 5.98. The first-order chi connectivity index (χ1) is 18.2. The number of para-hydroxylation sites is 1. The Kier molecular flexibility index (Phi) is 4.99. The van der Waals surface area contributed by atoms with Gasteiger partial charge in [-0.3, -0.25) is 24.8 Å². The lowest BCUT2D eigenvalue weighted by atomic mass is 9.85. The van der Waals surface area contributed by atoms with E-state index in [1.54, 1.807) is 31.0 Å². The minimum Gasteiger partial charge on any atom is -0.337 e. The summed E-state index contributed by atoms with van der Waals surface area (Å²) in [6.07, 6.45) is 11.7. The number of pyridine rings is 3. The molecule has 1 fully saturated rings. The summed E-state index contributed by atoms with van der Waals surface area (Å²) in [6.45, 7) is 0. The lowest BCUT2D eigenvalue weighted by Gasteiger charge is -2.24. The van der Waals surface area contributed by atoms with Crippen LogP contribution >= 0.6 is 0 Å². The molecule has 0 unspecified atom stereocenters. The van der Waals surface area contributed by atoms with E-state index in [1.807, 2.05) is 36.4 Å². The molecule has 0 atom stereocenters. The van der Waals surface area contributed by atoms with E-state index in [2.05, 4.69) is 41.5 Å². The van der Waals surface area contributed by atoms with E-state index in [0.717, 1.165) is 63.6 Å². The van der Waals surface area contributed by atoms with E-state index in [9.17, 15) is 4.79 Å². The largest absolute Gasteiger partial charge is 0.337 e. The number of rotatable bonds is 5. The van der Waals surface area contributed by atoms with Gasteiger partial charge in [-0.2, -0.15) is 5.10 Å². The standard InChI is InChI=1S/C28H22N8O/c37-28(17-3-1-4-17)32-19-11-18(13-30-14-19)23-12-21-24(15-31-23)35-36-26(21)27-33-22-6-2-5-20(25(22)34-27)16-7-9-29-10-8-16/h2,5-15,17H,1,3-4H2,(H,32,37)(H,33,34)(H,35,36). The summed E-state index contributed by atoms with van der Waals surface area (Å²) in [5.74, 6) is 0.829. The number of benzene rings is 1. The molecular formula is C28H22N8O. The van der Waals surface area contributed by atoms with Gasteiger partial charge in [-0.1, -0.05) is 18.6 Å². The van der Waals surface area contributed by atoms with Crippen molar-refractivity contribution in [3.8, 4) is 33.9 Å². The first kappa shape index (κ1) is 21.4. The molecule has 5 heterocycles. The Balaban J connectivity index is 1.26. The van der Waals surface area contributed by atoms with Gasteiger partial charge in [-0.05, 0) is 48.7 Å². The number of H-pyrrole nitrogens is 2. The minimum absolute atomic E-state index is 0.0572. The van der Waals surface area contributed by atoms with Crippen molar-refractivity contribution in [2.45, 2.75) is 19.3 Å². The van der Waals surface area contributed by atoms with Crippen molar-refractivity contribution >= 4 is 33.5 Å². The molecule has 0 aliphatic heterocycles. The summed E-state index contributed by atoms with van der Waals surface area (Å²) in [5, 5.41) is 11.5. The highest BCUT2D eigenvalue weighted by Gasteiger charge is 2.25. The molecule has 1 aromatic carbocycles. The predicted molar refractivity (Wildman–Crippen MR) is 141 cm³/mol. The van der Waals surface area contributed by atoms with Crippen LogP contribution in [0.15, 0.2) is 73.4 Å². The third-order valence-corrected chi connectivity index (χ3v) is 6.95. The number of carbonyl (C=O) groups excluding carboxylic acids is 1. The van der Waals surface area contributed by atoms with E-state index in [1.165, 1.54) is 0 Å². The summed E-state index contributed by atoms with van der Waals surface area (Å²) in [6, 6.07) is 13.9. The normalized spacial score (nSPS) is 13.6. The van der Waals surface area contributed by atoms with Crippen LogP contribution in [0.4, 0.5) is 5.69 Å². The minimum atomic E-state index is 0.0572. The van der Waals surface area contributed by atoms with Crippen molar-refractivity contribution < 1.29 is 4.79 Å². The van der Waals surface area contributed by atoms with Gasteiger partial charge in [-0.15, -0.1) is 0 Å². The van der Waals surface area contributed by atoms with Crippen molar-refractivity contribution in [3.05, 3.63) is 73.4 Å². The summed E-state index contributed by atoms with van der Waals surface area (Å²) >= 11 is 0. The molecule has 37 heavy (non-hydrogen) atoms. The van der Waals surface area contributed by atoms with Crippen LogP contribution in [0, 0.1) is 5.92 Å². The molecule has 0 bridgehead atoms. The van der Waals surface area contributed by atoms with Crippen LogP contribution in [-0.4, -0.2) is 41.0 Å². The maximum atomic E-state index is 12.4. The number of nitrogens with one attached hydrogen (secondary N) is 3. The smallest absolute Gasteiger partial charge is 0.227 e. The number of aromatic nitrogens is 7. The molecule has 1 aliphatic carbocycles. The Hall–Kier alpha value is -4.92. The summed E-state index contributed by atoms with van der Waals surface area (Å²) in [7, 11) is 0. The van der Waals surface area contributed by atoms with Crippen LogP contribution < -0.4 is 5.32 Å². The molecule has 3 N–H and O–H groups in total. The van der Waals surface area contributed by atoms with Crippen LogP contribution in [0.25, 0.3) is 55.8 Å². The number of hydrogen-bond donors (Lipinski definition) is 3. The summed E-state index contributed by atoms with van der Waals surface area (Å²) in [4.78, 5) is 33.8. The Morgan fingerprint density at radius 3 is 2.68 bits per heavy atom. The van der Waals surface area contributed by atoms with Crippen molar-refractivity contribution in [3.63, 3.8) is 0 Å². The first-order valence-electron chi connectivity index (χ1n) is 12.2. The fourth-order valence-electron chi connectivity index (χ4n) is 4.73. The Labute approximate surface area is 211 Å². The van der Waals surface area contributed by atoms with Gasteiger partial charge in [0.1, 0.15) is 5.69 Å². The molecule has 0 spiro atoms. The van der Waals surface area contributed by atoms with Crippen LogP contribution in [0.5, 0.6) is 0 Å². The number of amides is 1. The Bertz CT molecular complexity index is 1770. The average Bonchev–Trinajstić information content (AvgIpc) is 3.52. The SMILES string of the molecule is O=C(Nc1cncc(-c2cc3c(-c4nc5c(-c6ccncc6)cccc5[nH]4)n[nH]c3cn2)c1)C1CCC1. The number of aromatic amines is 2. The molecule has 1 aliphatic rings. The topological polar surface area (TPSA) is 125 Å². The predicted octanol–water partition coefficient (Wildman–Crippen LogP) is 5.36. The Morgan fingerprint density at radius 2 is 1.84 bits per heavy atom. The van der Waals surface area contributed by atoms with Gasteiger partial charge in [0.15, 0.2) is 5.82 Å². The third-order valence-electron chi connectivity index (χ3n) is 6.95. The molecule has 1 saturated carbocycles. The monoisotopic (exact) mass is 486 g/mol. The number of fused-ring (bicyclic) bond motifs is 2. The maximum Gasteiger partial charge on any atom is 0.227 e.